The Morgan fingerprint density at radius 1 is 1.24 bits per heavy atom. The summed E-state index contributed by atoms with van der Waals surface area (Å²) in [6.45, 7) is 0.725. The van der Waals surface area contributed by atoms with E-state index in [1.165, 1.54) is 11.8 Å². The molecule has 0 aliphatic carbocycles. The molecule has 126 valence electrons. The number of ether oxygens (including phenoxy) is 1. The van der Waals surface area contributed by atoms with Crippen LogP contribution in [0.3, 0.4) is 0 Å². The smallest absolute Gasteiger partial charge is 0.293 e. The summed E-state index contributed by atoms with van der Waals surface area (Å²) in [5.74, 6) is 1.56. The van der Waals surface area contributed by atoms with E-state index in [-0.39, 0.29) is 11.7 Å². The number of methoxy groups -OCH3 is 1. The van der Waals surface area contributed by atoms with Gasteiger partial charge in [0.25, 0.3) is 5.91 Å². The number of carbonyl (C=O) groups is 1. The molecule has 0 saturated heterocycles. The van der Waals surface area contributed by atoms with Crippen molar-refractivity contribution in [1.82, 2.24) is 5.32 Å². The molecular formula is C19H16N2O3S. The van der Waals surface area contributed by atoms with Crippen LogP contribution in [0.25, 0.3) is 22.1 Å². The first-order valence-corrected chi connectivity index (χ1v) is 8.89. The molecule has 1 N–H and O–H groups in total. The van der Waals surface area contributed by atoms with E-state index >= 15 is 0 Å². The molecule has 0 unspecified atom stereocenters. The van der Waals surface area contributed by atoms with Crippen LogP contribution in [-0.4, -0.2) is 30.5 Å². The van der Waals surface area contributed by atoms with Crippen LogP contribution in [-0.2, 0) is 0 Å². The van der Waals surface area contributed by atoms with Gasteiger partial charge in [0, 0.05) is 22.8 Å². The zero-order chi connectivity index (χ0) is 17.2. The number of hydrogen-bond acceptors (Lipinski definition) is 5. The molecule has 4 rings (SSSR count). The van der Waals surface area contributed by atoms with E-state index in [2.05, 4.69) is 10.3 Å². The molecule has 1 aromatic heterocycles. The lowest BCUT2D eigenvalue weighted by Gasteiger charge is -2.05. The first-order valence-electron chi connectivity index (χ1n) is 7.91. The Morgan fingerprint density at radius 3 is 2.80 bits per heavy atom. The van der Waals surface area contributed by atoms with Gasteiger partial charge in [-0.3, -0.25) is 15.1 Å². The number of hydrogen-bond donors (Lipinski definition) is 1. The molecule has 2 heterocycles. The van der Waals surface area contributed by atoms with Crippen LogP contribution >= 0.6 is 11.8 Å². The fourth-order valence-electron chi connectivity index (χ4n) is 2.82. The minimum atomic E-state index is -0.290. The zero-order valence-corrected chi connectivity index (χ0v) is 14.4. The Labute approximate surface area is 149 Å². The Bertz CT molecular complexity index is 963. The second kappa shape index (κ2) is 6.64. The monoisotopic (exact) mass is 352 g/mol. The summed E-state index contributed by atoms with van der Waals surface area (Å²) >= 11 is 1.54. The quantitative estimate of drug-likeness (QED) is 0.775. The van der Waals surface area contributed by atoms with Crippen molar-refractivity contribution in [3.63, 3.8) is 0 Å². The maximum absolute atomic E-state index is 12.8. The number of nitrogens with one attached hydrogen (secondary N) is 1. The van der Waals surface area contributed by atoms with Gasteiger partial charge in [0.2, 0.25) is 5.76 Å². The summed E-state index contributed by atoms with van der Waals surface area (Å²) in [7, 11) is 1.60. The highest BCUT2D eigenvalue weighted by atomic mass is 32.2. The van der Waals surface area contributed by atoms with Crippen LogP contribution in [0.2, 0.25) is 0 Å². The molecule has 2 aromatic carbocycles. The van der Waals surface area contributed by atoms with Crippen LogP contribution in [0.15, 0.2) is 57.9 Å². The predicted molar refractivity (Wildman–Crippen MR) is 100 cm³/mol. The molecule has 1 amide bonds. The summed E-state index contributed by atoms with van der Waals surface area (Å²) in [5.41, 5.74) is 2.32. The molecule has 25 heavy (non-hydrogen) atoms. The van der Waals surface area contributed by atoms with Crippen LogP contribution in [0.4, 0.5) is 0 Å². The number of aliphatic imine (C=N–C) groups is 1. The number of benzene rings is 2. The van der Waals surface area contributed by atoms with E-state index in [0.29, 0.717) is 16.5 Å². The van der Waals surface area contributed by atoms with E-state index < -0.39 is 0 Å². The first kappa shape index (κ1) is 15.8. The first-order chi connectivity index (χ1) is 12.3. The van der Waals surface area contributed by atoms with Crippen molar-refractivity contribution in [2.75, 3.05) is 19.4 Å². The number of nitrogens with zero attached hydrogens (tertiary/aromatic N) is 1. The SMILES string of the molecule is COc1ccc2c(-c3ccccc3)c(C(=O)NC3=NCCS3)oc2c1. The highest BCUT2D eigenvalue weighted by Gasteiger charge is 2.24. The van der Waals surface area contributed by atoms with Gasteiger partial charge in [0.1, 0.15) is 11.3 Å². The number of rotatable bonds is 3. The second-order valence-corrected chi connectivity index (χ2v) is 6.61. The standard InChI is InChI=1S/C19H16N2O3S/c1-23-13-7-8-14-15(11-13)24-17(16(14)12-5-3-2-4-6-12)18(22)21-19-20-9-10-25-19/h2-8,11H,9-10H2,1H3,(H,20,21,22). The highest BCUT2D eigenvalue weighted by Crippen LogP contribution is 2.36. The average molecular weight is 352 g/mol. The molecule has 0 radical (unpaired) electrons. The summed E-state index contributed by atoms with van der Waals surface area (Å²) < 4.78 is 11.2. The maximum Gasteiger partial charge on any atom is 0.293 e. The molecule has 5 nitrogen and oxygen atoms in total. The van der Waals surface area contributed by atoms with E-state index in [0.717, 1.165) is 28.8 Å². The normalized spacial score (nSPS) is 13.7. The summed E-state index contributed by atoms with van der Waals surface area (Å²) in [4.78, 5) is 17.1. The van der Waals surface area contributed by atoms with Gasteiger partial charge in [-0.15, -0.1) is 0 Å². The Morgan fingerprint density at radius 2 is 2.08 bits per heavy atom. The topological polar surface area (TPSA) is 63.8 Å². The van der Waals surface area contributed by atoms with Crippen molar-refractivity contribution in [2.45, 2.75) is 0 Å². The fraction of sp³-hybridized carbons (Fsp3) is 0.158. The molecule has 0 bridgehead atoms. The number of amides is 1. The number of amidine groups is 1. The van der Waals surface area contributed by atoms with Gasteiger partial charge in [-0.25, -0.2) is 0 Å². The zero-order valence-electron chi connectivity index (χ0n) is 13.6. The van der Waals surface area contributed by atoms with Crippen LogP contribution in [0, 0.1) is 0 Å². The van der Waals surface area contributed by atoms with Gasteiger partial charge in [0.05, 0.1) is 13.7 Å². The number of furan rings is 1. The van der Waals surface area contributed by atoms with Gasteiger partial charge < -0.3 is 9.15 Å². The summed E-state index contributed by atoms with van der Waals surface area (Å²) in [6.07, 6.45) is 0. The highest BCUT2D eigenvalue weighted by molar-refractivity contribution is 8.14. The lowest BCUT2D eigenvalue weighted by molar-refractivity contribution is 0.0954. The van der Waals surface area contributed by atoms with Crippen LogP contribution in [0.1, 0.15) is 10.6 Å². The molecule has 3 aromatic rings. The number of fused-ring (bicyclic) bond motifs is 1. The lowest BCUT2D eigenvalue weighted by atomic mass is 10.0. The lowest BCUT2D eigenvalue weighted by Crippen LogP contribution is -2.27. The van der Waals surface area contributed by atoms with Crippen molar-refractivity contribution in [3.8, 4) is 16.9 Å². The third-order valence-electron chi connectivity index (χ3n) is 3.97. The molecule has 0 atom stereocenters. The van der Waals surface area contributed by atoms with E-state index in [1.54, 1.807) is 13.2 Å². The molecule has 6 heteroatoms. The molecule has 0 spiro atoms. The summed E-state index contributed by atoms with van der Waals surface area (Å²) in [6, 6.07) is 15.3. The molecular weight excluding hydrogens is 336 g/mol. The van der Waals surface area contributed by atoms with Crippen molar-refractivity contribution < 1.29 is 13.9 Å². The van der Waals surface area contributed by atoms with Crippen molar-refractivity contribution in [1.29, 1.82) is 0 Å². The number of carbonyl (C=O) groups excluding carboxylic acids is 1. The minimum Gasteiger partial charge on any atom is -0.497 e. The van der Waals surface area contributed by atoms with Gasteiger partial charge in [0.15, 0.2) is 5.17 Å². The van der Waals surface area contributed by atoms with Crippen LogP contribution in [0.5, 0.6) is 5.75 Å². The van der Waals surface area contributed by atoms with E-state index in [1.807, 2.05) is 42.5 Å². The van der Waals surface area contributed by atoms with E-state index in [9.17, 15) is 4.79 Å². The van der Waals surface area contributed by atoms with Crippen LogP contribution < -0.4 is 10.1 Å². The second-order valence-electron chi connectivity index (χ2n) is 5.52. The molecule has 1 aliphatic rings. The third-order valence-corrected chi connectivity index (χ3v) is 4.86. The summed E-state index contributed by atoms with van der Waals surface area (Å²) in [5, 5.41) is 4.36. The third kappa shape index (κ3) is 3.00. The maximum atomic E-state index is 12.8. The molecule has 1 aliphatic heterocycles. The average Bonchev–Trinajstić information content (AvgIpc) is 3.29. The number of thioether (sulfide) groups is 1. The Kier molecular flexibility index (Phi) is 4.19. The van der Waals surface area contributed by atoms with E-state index in [4.69, 9.17) is 9.15 Å². The largest absolute Gasteiger partial charge is 0.497 e. The van der Waals surface area contributed by atoms with Gasteiger partial charge in [-0.05, 0) is 17.7 Å². The van der Waals surface area contributed by atoms with Crippen molar-refractivity contribution in [2.24, 2.45) is 4.99 Å². The van der Waals surface area contributed by atoms with Gasteiger partial charge in [-0.1, -0.05) is 42.1 Å². The Hall–Kier alpha value is -2.73. The van der Waals surface area contributed by atoms with Gasteiger partial charge in [-0.2, -0.15) is 0 Å². The minimum absolute atomic E-state index is 0.282. The predicted octanol–water partition coefficient (Wildman–Crippen LogP) is 3.94. The Balaban J connectivity index is 1.85. The van der Waals surface area contributed by atoms with Crippen molar-refractivity contribution >= 4 is 33.8 Å². The molecule has 0 saturated carbocycles. The fourth-order valence-corrected chi connectivity index (χ4v) is 3.54. The van der Waals surface area contributed by atoms with Gasteiger partial charge >= 0.3 is 0 Å². The van der Waals surface area contributed by atoms with Crippen molar-refractivity contribution in [3.05, 3.63) is 54.3 Å². The molecule has 0 fully saturated rings.